The summed E-state index contributed by atoms with van der Waals surface area (Å²) in [5, 5.41) is 2.90. The molecule has 2 rings (SSSR count). The van der Waals surface area contributed by atoms with E-state index >= 15 is 0 Å². The number of aromatic nitrogens is 2. The molecule has 0 aliphatic carbocycles. The monoisotopic (exact) mass is 238 g/mol. The summed E-state index contributed by atoms with van der Waals surface area (Å²) >= 11 is 0. The van der Waals surface area contributed by atoms with E-state index in [0.29, 0.717) is 32.8 Å². The molecule has 0 saturated carbocycles. The Morgan fingerprint density at radius 3 is 3.06 bits per heavy atom. The molecule has 1 fully saturated rings. The predicted molar refractivity (Wildman–Crippen MR) is 62.7 cm³/mol. The highest BCUT2D eigenvalue weighted by atomic mass is 16.5. The fourth-order valence-electron chi connectivity index (χ4n) is 1.76. The lowest BCUT2D eigenvalue weighted by Gasteiger charge is -2.26. The van der Waals surface area contributed by atoms with Gasteiger partial charge in [-0.3, -0.25) is 0 Å². The molecule has 2 N–H and O–H groups in total. The number of rotatable bonds is 4. The van der Waals surface area contributed by atoms with Gasteiger partial charge >= 0.3 is 6.03 Å². The zero-order valence-corrected chi connectivity index (χ0v) is 9.82. The number of carbonyl (C=O) groups excluding carboxylic acids is 1. The maximum Gasteiger partial charge on any atom is 0.317 e. The number of amides is 2. The quantitative estimate of drug-likeness (QED) is 0.745. The van der Waals surface area contributed by atoms with Gasteiger partial charge in [-0.05, 0) is 6.42 Å². The van der Waals surface area contributed by atoms with Crippen LogP contribution in [0, 0.1) is 0 Å². The van der Waals surface area contributed by atoms with E-state index in [4.69, 9.17) is 4.74 Å². The van der Waals surface area contributed by atoms with Crippen LogP contribution >= 0.6 is 0 Å². The Kier molecular flexibility index (Phi) is 4.37. The number of nitrogens with one attached hydrogen (secondary N) is 2. The molecule has 0 spiro atoms. The number of aryl methyl sites for hydroxylation is 1. The third kappa shape index (κ3) is 3.74. The minimum absolute atomic E-state index is 0.00717. The standard InChI is InChI=1S/C11H18N4O2/c16-11(15-6-8-17-9-7-15)14-3-1-2-10-12-4-5-13-10/h4-5H,1-3,6-9H2,(H,12,13)(H,14,16). The van der Waals surface area contributed by atoms with E-state index in [1.54, 1.807) is 11.1 Å². The summed E-state index contributed by atoms with van der Waals surface area (Å²) in [7, 11) is 0. The summed E-state index contributed by atoms with van der Waals surface area (Å²) < 4.78 is 5.19. The van der Waals surface area contributed by atoms with Gasteiger partial charge in [-0.15, -0.1) is 0 Å². The van der Waals surface area contributed by atoms with E-state index in [2.05, 4.69) is 15.3 Å². The van der Waals surface area contributed by atoms with E-state index in [1.807, 2.05) is 6.20 Å². The van der Waals surface area contributed by atoms with E-state index in [-0.39, 0.29) is 6.03 Å². The van der Waals surface area contributed by atoms with Crippen LogP contribution in [0.5, 0.6) is 0 Å². The molecular formula is C11H18N4O2. The Labute approximate surface area is 100 Å². The maximum absolute atomic E-state index is 11.7. The lowest BCUT2D eigenvalue weighted by molar-refractivity contribution is 0.0532. The summed E-state index contributed by atoms with van der Waals surface area (Å²) in [4.78, 5) is 20.6. The number of hydrogen-bond donors (Lipinski definition) is 2. The van der Waals surface area contributed by atoms with E-state index < -0.39 is 0 Å². The normalized spacial score (nSPS) is 15.9. The van der Waals surface area contributed by atoms with Gasteiger partial charge in [0.1, 0.15) is 5.82 Å². The van der Waals surface area contributed by atoms with E-state index in [9.17, 15) is 4.79 Å². The molecule has 0 bridgehead atoms. The van der Waals surface area contributed by atoms with Crippen LogP contribution in [-0.2, 0) is 11.2 Å². The van der Waals surface area contributed by atoms with Gasteiger partial charge in [0.05, 0.1) is 13.2 Å². The average molecular weight is 238 g/mol. The van der Waals surface area contributed by atoms with Gasteiger partial charge in [0.15, 0.2) is 0 Å². The third-order valence-corrected chi connectivity index (χ3v) is 2.72. The summed E-state index contributed by atoms with van der Waals surface area (Å²) in [6.45, 7) is 3.32. The van der Waals surface area contributed by atoms with Crippen molar-refractivity contribution in [2.45, 2.75) is 12.8 Å². The van der Waals surface area contributed by atoms with Crippen molar-refractivity contribution in [2.24, 2.45) is 0 Å². The number of imidazole rings is 1. The Balaban J connectivity index is 1.59. The van der Waals surface area contributed by atoms with Crippen LogP contribution in [-0.4, -0.2) is 53.7 Å². The molecule has 0 atom stereocenters. The average Bonchev–Trinajstić information content (AvgIpc) is 2.88. The second kappa shape index (κ2) is 6.24. The van der Waals surface area contributed by atoms with E-state index in [1.165, 1.54) is 0 Å². The fraction of sp³-hybridized carbons (Fsp3) is 0.636. The van der Waals surface area contributed by atoms with Gasteiger partial charge in [-0.2, -0.15) is 0 Å². The van der Waals surface area contributed by atoms with Gasteiger partial charge in [0.25, 0.3) is 0 Å². The second-order valence-corrected chi connectivity index (χ2v) is 3.97. The number of ether oxygens (including phenoxy) is 1. The SMILES string of the molecule is O=C(NCCCc1ncc[nH]1)N1CCOCC1. The lowest BCUT2D eigenvalue weighted by Crippen LogP contribution is -2.46. The predicted octanol–water partition coefficient (Wildman–Crippen LogP) is 0.384. The molecule has 6 nitrogen and oxygen atoms in total. The van der Waals surface area contributed by atoms with Crippen LogP contribution in [0.15, 0.2) is 12.4 Å². The minimum Gasteiger partial charge on any atom is -0.378 e. The first-order valence-electron chi connectivity index (χ1n) is 5.95. The second-order valence-electron chi connectivity index (χ2n) is 3.97. The topological polar surface area (TPSA) is 70.2 Å². The first-order valence-corrected chi connectivity index (χ1v) is 5.95. The number of urea groups is 1. The molecule has 6 heteroatoms. The molecule has 1 aliphatic rings. The number of aromatic amines is 1. The van der Waals surface area contributed by atoms with Crippen molar-refractivity contribution in [2.75, 3.05) is 32.8 Å². The first-order chi connectivity index (χ1) is 8.36. The van der Waals surface area contributed by atoms with Crippen LogP contribution in [0.2, 0.25) is 0 Å². The van der Waals surface area contributed by atoms with Crippen molar-refractivity contribution in [1.29, 1.82) is 0 Å². The fourth-order valence-corrected chi connectivity index (χ4v) is 1.76. The van der Waals surface area contributed by atoms with Crippen LogP contribution in [0.1, 0.15) is 12.2 Å². The molecule has 2 heterocycles. The van der Waals surface area contributed by atoms with Crippen LogP contribution in [0.4, 0.5) is 4.79 Å². The summed E-state index contributed by atoms with van der Waals surface area (Å²) in [5.74, 6) is 0.964. The van der Waals surface area contributed by atoms with Crippen LogP contribution in [0.3, 0.4) is 0 Å². The minimum atomic E-state index is 0.00717. The van der Waals surface area contributed by atoms with Crippen molar-refractivity contribution in [3.63, 3.8) is 0 Å². The van der Waals surface area contributed by atoms with Gasteiger partial charge in [-0.25, -0.2) is 9.78 Å². The highest BCUT2D eigenvalue weighted by Gasteiger charge is 2.15. The molecule has 2 amide bonds. The molecule has 1 aromatic rings. The maximum atomic E-state index is 11.7. The lowest BCUT2D eigenvalue weighted by atomic mass is 10.3. The number of carbonyl (C=O) groups is 1. The highest BCUT2D eigenvalue weighted by Crippen LogP contribution is 1.98. The Hall–Kier alpha value is -1.56. The summed E-state index contributed by atoms with van der Waals surface area (Å²) in [6.07, 6.45) is 5.29. The van der Waals surface area contributed by atoms with Crippen molar-refractivity contribution >= 4 is 6.03 Å². The van der Waals surface area contributed by atoms with Crippen LogP contribution in [0.25, 0.3) is 0 Å². The van der Waals surface area contributed by atoms with Gasteiger partial charge < -0.3 is 19.9 Å². The largest absolute Gasteiger partial charge is 0.378 e. The molecule has 0 aromatic carbocycles. The third-order valence-electron chi connectivity index (χ3n) is 2.72. The molecule has 17 heavy (non-hydrogen) atoms. The zero-order valence-electron chi connectivity index (χ0n) is 9.82. The molecule has 94 valence electrons. The number of hydrogen-bond acceptors (Lipinski definition) is 3. The molecule has 0 unspecified atom stereocenters. The summed E-state index contributed by atoms with van der Waals surface area (Å²) in [5.41, 5.74) is 0. The number of morpholine rings is 1. The molecular weight excluding hydrogens is 220 g/mol. The van der Waals surface area contributed by atoms with Crippen molar-refractivity contribution in [1.82, 2.24) is 20.2 Å². The highest BCUT2D eigenvalue weighted by molar-refractivity contribution is 5.74. The van der Waals surface area contributed by atoms with E-state index in [0.717, 1.165) is 18.7 Å². The molecule has 1 aliphatic heterocycles. The number of nitrogens with zero attached hydrogens (tertiary/aromatic N) is 2. The Bertz CT molecular complexity index is 333. The van der Waals surface area contributed by atoms with Crippen molar-refractivity contribution in [3.05, 3.63) is 18.2 Å². The molecule has 0 radical (unpaired) electrons. The zero-order chi connectivity index (χ0) is 11.9. The first kappa shape index (κ1) is 11.9. The van der Waals surface area contributed by atoms with Gasteiger partial charge in [-0.1, -0.05) is 0 Å². The summed E-state index contributed by atoms with van der Waals surface area (Å²) in [6, 6.07) is 0.00717. The smallest absolute Gasteiger partial charge is 0.317 e. The molecule has 1 aromatic heterocycles. The van der Waals surface area contributed by atoms with Crippen molar-refractivity contribution < 1.29 is 9.53 Å². The molecule has 1 saturated heterocycles. The Morgan fingerprint density at radius 2 is 2.35 bits per heavy atom. The van der Waals surface area contributed by atoms with Gasteiger partial charge in [0.2, 0.25) is 0 Å². The number of H-pyrrole nitrogens is 1. The van der Waals surface area contributed by atoms with Crippen LogP contribution < -0.4 is 5.32 Å². The van der Waals surface area contributed by atoms with Crippen molar-refractivity contribution in [3.8, 4) is 0 Å². The Morgan fingerprint density at radius 1 is 1.53 bits per heavy atom. The van der Waals surface area contributed by atoms with Gasteiger partial charge in [0, 0.05) is 38.4 Å².